The van der Waals surface area contributed by atoms with Gasteiger partial charge in [0.05, 0.1) is 11.4 Å². The highest BCUT2D eigenvalue weighted by atomic mass is 35.5. The molecule has 0 bridgehead atoms. The van der Waals surface area contributed by atoms with Crippen LogP contribution in [0.25, 0.3) is 0 Å². The molecule has 1 N–H and O–H groups in total. The monoisotopic (exact) mass is 245 g/mol. The molecule has 0 fully saturated rings. The van der Waals surface area contributed by atoms with Crippen molar-refractivity contribution in [3.05, 3.63) is 59.4 Å². The maximum Gasteiger partial charge on any atom is 0.0649 e. The molecule has 0 spiro atoms. The Labute approximate surface area is 105 Å². The highest BCUT2D eigenvalue weighted by Crippen LogP contribution is 2.14. The molecule has 1 aromatic carbocycles. The maximum absolute atomic E-state index is 5.88. The number of hydrazone groups is 1. The average molecular weight is 246 g/mol. The second-order valence-electron chi connectivity index (χ2n) is 3.56. The summed E-state index contributed by atoms with van der Waals surface area (Å²) in [6, 6.07) is 11.3. The van der Waals surface area contributed by atoms with Gasteiger partial charge in [-0.2, -0.15) is 5.10 Å². The van der Waals surface area contributed by atoms with Crippen LogP contribution in [0.3, 0.4) is 0 Å². The van der Waals surface area contributed by atoms with Gasteiger partial charge in [-0.1, -0.05) is 17.7 Å². The van der Waals surface area contributed by atoms with Gasteiger partial charge in [0.2, 0.25) is 0 Å². The number of nitrogens with one attached hydrogen (secondary N) is 1. The number of rotatable bonds is 3. The topological polar surface area (TPSA) is 37.3 Å². The molecule has 3 nitrogen and oxygen atoms in total. The summed E-state index contributed by atoms with van der Waals surface area (Å²) in [6.45, 7) is 1.94. The van der Waals surface area contributed by atoms with Gasteiger partial charge in [-0.05, 0) is 37.3 Å². The molecule has 0 aliphatic heterocycles. The highest BCUT2D eigenvalue weighted by Gasteiger charge is 1.96. The number of aromatic nitrogens is 1. The number of nitrogens with zero attached hydrogens (tertiary/aromatic N) is 2. The van der Waals surface area contributed by atoms with E-state index in [1.165, 1.54) is 0 Å². The van der Waals surface area contributed by atoms with Gasteiger partial charge < -0.3 is 0 Å². The molecule has 86 valence electrons. The largest absolute Gasteiger partial charge is 0.278 e. The van der Waals surface area contributed by atoms with E-state index < -0.39 is 0 Å². The molecular weight excluding hydrogens is 234 g/mol. The van der Waals surface area contributed by atoms with Crippen molar-refractivity contribution in [3.63, 3.8) is 0 Å². The molecule has 0 aliphatic rings. The lowest BCUT2D eigenvalue weighted by atomic mass is 10.2. The van der Waals surface area contributed by atoms with Gasteiger partial charge in [-0.3, -0.25) is 10.4 Å². The zero-order valence-corrected chi connectivity index (χ0v) is 10.1. The standard InChI is InChI=1S/C13H12ClN3/c1-10(11-5-7-15-8-6-11)16-17-13-4-2-3-12(14)9-13/h2-9,17H,1H3/b16-10-. The molecule has 4 heteroatoms. The molecule has 0 radical (unpaired) electrons. The van der Waals surface area contributed by atoms with E-state index in [0.717, 1.165) is 17.0 Å². The molecule has 0 aliphatic carbocycles. The van der Waals surface area contributed by atoms with Crippen molar-refractivity contribution in [1.82, 2.24) is 4.98 Å². The summed E-state index contributed by atoms with van der Waals surface area (Å²) >= 11 is 5.88. The molecular formula is C13H12ClN3. The van der Waals surface area contributed by atoms with Crippen LogP contribution in [0, 0.1) is 0 Å². The van der Waals surface area contributed by atoms with Crippen molar-refractivity contribution in [2.75, 3.05) is 5.43 Å². The Morgan fingerprint density at radius 2 is 2.00 bits per heavy atom. The van der Waals surface area contributed by atoms with E-state index in [0.29, 0.717) is 5.02 Å². The fraction of sp³-hybridized carbons (Fsp3) is 0.0769. The number of hydrogen-bond donors (Lipinski definition) is 1. The van der Waals surface area contributed by atoms with Crippen LogP contribution in [0.4, 0.5) is 5.69 Å². The first kappa shape index (κ1) is 11.6. The average Bonchev–Trinajstić information content (AvgIpc) is 2.37. The molecule has 17 heavy (non-hydrogen) atoms. The fourth-order valence-corrected chi connectivity index (χ4v) is 1.55. The Morgan fingerprint density at radius 3 is 2.71 bits per heavy atom. The molecule has 1 heterocycles. The van der Waals surface area contributed by atoms with E-state index >= 15 is 0 Å². The van der Waals surface area contributed by atoms with E-state index in [1.54, 1.807) is 12.4 Å². The van der Waals surface area contributed by atoms with Gasteiger partial charge in [-0.15, -0.1) is 0 Å². The SMILES string of the molecule is C/C(=N/Nc1cccc(Cl)c1)c1ccncc1. The normalized spacial score (nSPS) is 11.3. The third-order valence-corrected chi connectivity index (χ3v) is 2.51. The lowest BCUT2D eigenvalue weighted by Crippen LogP contribution is -1.99. The van der Waals surface area contributed by atoms with Crippen LogP contribution >= 0.6 is 11.6 Å². The van der Waals surface area contributed by atoms with Crippen LogP contribution in [0.1, 0.15) is 12.5 Å². The molecule has 0 saturated heterocycles. The first-order valence-electron chi connectivity index (χ1n) is 5.22. The third-order valence-electron chi connectivity index (χ3n) is 2.28. The summed E-state index contributed by atoms with van der Waals surface area (Å²) in [4.78, 5) is 3.96. The Hall–Kier alpha value is -1.87. The van der Waals surface area contributed by atoms with E-state index in [-0.39, 0.29) is 0 Å². The fourth-order valence-electron chi connectivity index (χ4n) is 1.36. The van der Waals surface area contributed by atoms with E-state index in [2.05, 4.69) is 15.5 Å². The summed E-state index contributed by atoms with van der Waals surface area (Å²) in [6.07, 6.45) is 3.49. The van der Waals surface area contributed by atoms with Crippen LogP contribution in [0.2, 0.25) is 5.02 Å². The zero-order valence-electron chi connectivity index (χ0n) is 9.39. The molecule has 2 rings (SSSR count). The molecule has 0 unspecified atom stereocenters. The first-order valence-corrected chi connectivity index (χ1v) is 5.60. The summed E-state index contributed by atoms with van der Waals surface area (Å²) in [5.74, 6) is 0. The quantitative estimate of drug-likeness (QED) is 0.663. The third kappa shape index (κ3) is 3.29. The van der Waals surface area contributed by atoms with E-state index in [1.807, 2.05) is 43.3 Å². The van der Waals surface area contributed by atoms with Gasteiger partial charge in [0, 0.05) is 23.0 Å². The van der Waals surface area contributed by atoms with Gasteiger partial charge in [0.15, 0.2) is 0 Å². The Bertz CT molecular complexity index is 523. The first-order chi connectivity index (χ1) is 8.25. The summed E-state index contributed by atoms with van der Waals surface area (Å²) < 4.78 is 0. The highest BCUT2D eigenvalue weighted by molar-refractivity contribution is 6.30. The minimum atomic E-state index is 0.687. The van der Waals surface area contributed by atoms with Crippen molar-refractivity contribution in [2.24, 2.45) is 5.10 Å². The Morgan fingerprint density at radius 1 is 1.24 bits per heavy atom. The zero-order chi connectivity index (χ0) is 12.1. The molecule has 2 aromatic rings. The molecule has 0 saturated carbocycles. The molecule has 0 amide bonds. The number of pyridine rings is 1. The van der Waals surface area contributed by atoms with Crippen LogP contribution in [-0.4, -0.2) is 10.7 Å². The molecule has 1 aromatic heterocycles. The Kier molecular flexibility index (Phi) is 3.73. The van der Waals surface area contributed by atoms with Gasteiger partial charge in [0.1, 0.15) is 0 Å². The second-order valence-corrected chi connectivity index (χ2v) is 3.99. The van der Waals surface area contributed by atoms with E-state index in [4.69, 9.17) is 11.6 Å². The van der Waals surface area contributed by atoms with Crippen LogP contribution in [0.15, 0.2) is 53.9 Å². The molecule has 0 atom stereocenters. The van der Waals surface area contributed by atoms with Gasteiger partial charge in [-0.25, -0.2) is 0 Å². The predicted molar refractivity (Wildman–Crippen MR) is 71.5 cm³/mol. The summed E-state index contributed by atoms with van der Waals surface area (Å²) in [7, 11) is 0. The predicted octanol–water partition coefficient (Wildman–Crippen LogP) is 3.57. The van der Waals surface area contributed by atoms with Gasteiger partial charge in [0.25, 0.3) is 0 Å². The van der Waals surface area contributed by atoms with E-state index in [9.17, 15) is 0 Å². The minimum absolute atomic E-state index is 0.687. The number of benzene rings is 1. The lowest BCUT2D eigenvalue weighted by Gasteiger charge is -2.03. The summed E-state index contributed by atoms with van der Waals surface area (Å²) in [5.41, 5.74) is 5.77. The number of halogens is 1. The van der Waals surface area contributed by atoms with Crippen molar-refractivity contribution in [3.8, 4) is 0 Å². The van der Waals surface area contributed by atoms with Gasteiger partial charge >= 0.3 is 0 Å². The van der Waals surface area contributed by atoms with Crippen molar-refractivity contribution >= 4 is 23.0 Å². The van der Waals surface area contributed by atoms with Crippen molar-refractivity contribution in [2.45, 2.75) is 6.92 Å². The van der Waals surface area contributed by atoms with Crippen LogP contribution < -0.4 is 5.43 Å². The minimum Gasteiger partial charge on any atom is -0.278 e. The second kappa shape index (κ2) is 5.46. The number of anilines is 1. The van der Waals surface area contributed by atoms with Crippen LogP contribution in [0.5, 0.6) is 0 Å². The Balaban J connectivity index is 2.11. The van der Waals surface area contributed by atoms with Crippen molar-refractivity contribution < 1.29 is 0 Å². The number of hydrogen-bond acceptors (Lipinski definition) is 3. The van der Waals surface area contributed by atoms with Crippen molar-refractivity contribution in [1.29, 1.82) is 0 Å². The maximum atomic E-state index is 5.88. The smallest absolute Gasteiger partial charge is 0.0649 e. The summed E-state index contributed by atoms with van der Waals surface area (Å²) in [5, 5.41) is 4.97. The lowest BCUT2D eigenvalue weighted by molar-refractivity contribution is 1.29. The van der Waals surface area contributed by atoms with Crippen LogP contribution in [-0.2, 0) is 0 Å².